The lowest BCUT2D eigenvalue weighted by Gasteiger charge is -2.13. The molecule has 124 valence electrons. The number of carbonyl (C=O) groups excluding carboxylic acids is 1. The van der Waals surface area contributed by atoms with Crippen LogP contribution < -0.4 is 10.1 Å². The maximum atomic E-state index is 12.1. The first-order valence-electron chi connectivity index (χ1n) is 7.38. The fourth-order valence-corrected chi connectivity index (χ4v) is 3.06. The molecule has 0 spiro atoms. The van der Waals surface area contributed by atoms with Gasteiger partial charge in [0.15, 0.2) is 0 Å². The fourth-order valence-electron chi connectivity index (χ4n) is 2.22. The van der Waals surface area contributed by atoms with E-state index in [2.05, 4.69) is 16.1 Å². The van der Waals surface area contributed by atoms with Crippen LogP contribution in [0.1, 0.15) is 23.8 Å². The van der Waals surface area contributed by atoms with Crippen LogP contribution in [-0.2, 0) is 17.6 Å². The molecule has 1 aromatic heterocycles. The number of rotatable bonds is 8. The lowest BCUT2D eigenvalue weighted by molar-refractivity contribution is -0.121. The van der Waals surface area contributed by atoms with E-state index in [1.165, 1.54) is 17.0 Å². The molecule has 0 aliphatic carbocycles. The van der Waals surface area contributed by atoms with Crippen LogP contribution in [-0.4, -0.2) is 18.6 Å². The normalized spacial score (nSPS) is 12.2. The molecule has 2 aromatic rings. The van der Waals surface area contributed by atoms with Crippen molar-refractivity contribution < 1.29 is 18.3 Å². The van der Waals surface area contributed by atoms with Crippen LogP contribution >= 0.6 is 11.3 Å². The number of ether oxygens (including phenoxy) is 1. The van der Waals surface area contributed by atoms with E-state index < -0.39 is 6.61 Å². The van der Waals surface area contributed by atoms with Gasteiger partial charge in [0.1, 0.15) is 5.75 Å². The Balaban J connectivity index is 1.73. The number of alkyl halides is 2. The Labute approximate surface area is 138 Å². The van der Waals surface area contributed by atoms with Crippen molar-refractivity contribution in [1.82, 2.24) is 5.32 Å². The summed E-state index contributed by atoms with van der Waals surface area (Å²) in [6, 6.07) is 10.5. The third-order valence-electron chi connectivity index (χ3n) is 3.28. The van der Waals surface area contributed by atoms with Gasteiger partial charge in [-0.1, -0.05) is 18.2 Å². The van der Waals surface area contributed by atoms with Gasteiger partial charge in [-0.2, -0.15) is 8.78 Å². The van der Waals surface area contributed by atoms with Crippen LogP contribution in [0.4, 0.5) is 8.78 Å². The van der Waals surface area contributed by atoms with Gasteiger partial charge in [0.05, 0.1) is 0 Å². The van der Waals surface area contributed by atoms with Crippen molar-refractivity contribution in [1.29, 1.82) is 0 Å². The van der Waals surface area contributed by atoms with Crippen LogP contribution in [0, 0.1) is 0 Å². The molecule has 0 aliphatic heterocycles. The molecule has 0 saturated heterocycles. The predicted molar refractivity (Wildman–Crippen MR) is 87.0 cm³/mol. The fraction of sp³-hybridized carbons (Fsp3) is 0.353. The minimum absolute atomic E-state index is 0.0121. The maximum absolute atomic E-state index is 12.1. The summed E-state index contributed by atoms with van der Waals surface area (Å²) in [5.41, 5.74) is 0.910. The van der Waals surface area contributed by atoms with Crippen molar-refractivity contribution >= 4 is 17.2 Å². The van der Waals surface area contributed by atoms with Crippen LogP contribution in [0.3, 0.4) is 0 Å². The van der Waals surface area contributed by atoms with Crippen molar-refractivity contribution in [2.75, 3.05) is 0 Å². The van der Waals surface area contributed by atoms with Crippen molar-refractivity contribution in [3.8, 4) is 5.75 Å². The number of aryl methyl sites for hydroxylation is 1. The van der Waals surface area contributed by atoms with Gasteiger partial charge in [-0.25, -0.2) is 0 Å². The van der Waals surface area contributed by atoms with E-state index in [0.717, 1.165) is 12.0 Å². The number of carbonyl (C=O) groups is 1. The molecule has 23 heavy (non-hydrogen) atoms. The third kappa shape index (κ3) is 6.36. The first-order valence-corrected chi connectivity index (χ1v) is 8.26. The summed E-state index contributed by atoms with van der Waals surface area (Å²) in [4.78, 5) is 13.2. The summed E-state index contributed by atoms with van der Waals surface area (Å²) in [5.74, 6) is 0.111. The van der Waals surface area contributed by atoms with Crippen LogP contribution in [0.5, 0.6) is 5.75 Å². The first kappa shape index (κ1) is 17.4. The molecular formula is C17H19F2NO2S. The molecule has 2 rings (SSSR count). The molecular weight excluding hydrogens is 320 g/mol. The lowest BCUT2D eigenvalue weighted by atomic mass is 10.1. The highest BCUT2D eigenvalue weighted by Crippen LogP contribution is 2.16. The first-order chi connectivity index (χ1) is 11.0. The van der Waals surface area contributed by atoms with Gasteiger partial charge in [0.2, 0.25) is 5.91 Å². The number of hydrogen-bond donors (Lipinski definition) is 1. The summed E-state index contributed by atoms with van der Waals surface area (Å²) >= 11 is 1.68. The Morgan fingerprint density at radius 3 is 2.61 bits per heavy atom. The van der Waals surface area contributed by atoms with Gasteiger partial charge in [0.25, 0.3) is 0 Å². The van der Waals surface area contributed by atoms with Crippen LogP contribution in [0.15, 0.2) is 41.8 Å². The second-order valence-corrected chi connectivity index (χ2v) is 6.31. The zero-order chi connectivity index (χ0) is 16.7. The summed E-state index contributed by atoms with van der Waals surface area (Å²) in [5, 5.41) is 4.99. The number of thiophene rings is 1. The SMILES string of the molecule is CC(Cc1cccs1)NC(=O)CCc1ccc(OC(F)F)cc1. The monoisotopic (exact) mass is 339 g/mol. The predicted octanol–water partition coefficient (Wildman–Crippen LogP) is 4.03. The lowest BCUT2D eigenvalue weighted by Crippen LogP contribution is -2.34. The van der Waals surface area contributed by atoms with Gasteiger partial charge < -0.3 is 10.1 Å². The van der Waals surface area contributed by atoms with Crippen molar-refractivity contribution in [3.05, 3.63) is 52.2 Å². The average Bonchev–Trinajstić information content (AvgIpc) is 2.98. The highest BCUT2D eigenvalue weighted by molar-refractivity contribution is 7.09. The Kier molecular flexibility index (Phi) is 6.52. The molecule has 1 atom stereocenters. The zero-order valence-electron chi connectivity index (χ0n) is 12.8. The molecule has 3 nitrogen and oxygen atoms in total. The molecule has 0 fully saturated rings. The Morgan fingerprint density at radius 1 is 1.26 bits per heavy atom. The Hall–Kier alpha value is -1.95. The van der Waals surface area contributed by atoms with E-state index in [0.29, 0.717) is 12.8 Å². The minimum Gasteiger partial charge on any atom is -0.435 e. The van der Waals surface area contributed by atoms with E-state index in [4.69, 9.17) is 0 Å². The molecule has 0 saturated carbocycles. The Bertz CT molecular complexity index is 600. The van der Waals surface area contributed by atoms with Gasteiger partial charge >= 0.3 is 6.61 Å². The second kappa shape index (κ2) is 8.62. The molecule has 0 radical (unpaired) electrons. The molecule has 1 unspecified atom stereocenters. The summed E-state index contributed by atoms with van der Waals surface area (Å²) in [6.07, 6.45) is 1.75. The maximum Gasteiger partial charge on any atom is 0.387 e. The van der Waals surface area contributed by atoms with Crippen molar-refractivity contribution in [3.63, 3.8) is 0 Å². The van der Waals surface area contributed by atoms with Gasteiger partial charge in [-0.15, -0.1) is 11.3 Å². The highest BCUT2D eigenvalue weighted by atomic mass is 32.1. The standard InChI is InChI=1S/C17H19F2NO2S/c1-12(11-15-3-2-10-23-15)20-16(21)9-6-13-4-7-14(8-5-13)22-17(18)19/h2-5,7-8,10,12,17H,6,9,11H2,1H3,(H,20,21). The molecule has 1 amide bonds. The number of hydrogen-bond acceptors (Lipinski definition) is 3. The minimum atomic E-state index is -2.82. The quantitative estimate of drug-likeness (QED) is 0.788. The molecule has 1 N–H and O–H groups in total. The molecule has 1 heterocycles. The number of nitrogens with one attached hydrogen (secondary N) is 1. The van der Waals surface area contributed by atoms with Crippen LogP contribution in [0.25, 0.3) is 0 Å². The van der Waals surface area contributed by atoms with E-state index in [1.54, 1.807) is 23.5 Å². The van der Waals surface area contributed by atoms with E-state index in [-0.39, 0.29) is 17.7 Å². The molecule has 1 aromatic carbocycles. The van der Waals surface area contributed by atoms with Crippen molar-refractivity contribution in [2.24, 2.45) is 0 Å². The highest BCUT2D eigenvalue weighted by Gasteiger charge is 2.09. The molecule has 0 bridgehead atoms. The van der Waals surface area contributed by atoms with Gasteiger partial charge in [-0.05, 0) is 42.5 Å². The van der Waals surface area contributed by atoms with Crippen LogP contribution in [0.2, 0.25) is 0 Å². The van der Waals surface area contributed by atoms with E-state index >= 15 is 0 Å². The number of halogens is 2. The van der Waals surface area contributed by atoms with Gasteiger partial charge in [0, 0.05) is 23.8 Å². The smallest absolute Gasteiger partial charge is 0.387 e. The average molecular weight is 339 g/mol. The number of amides is 1. The summed E-state index contributed by atoms with van der Waals surface area (Å²) < 4.78 is 28.4. The molecule has 6 heteroatoms. The van der Waals surface area contributed by atoms with E-state index in [9.17, 15) is 13.6 Å². The largest absolute Gasteiger partial charge is 0.435 e. The summed E-state index contributed by atoms with van der Waals surface area (Å²) in [7, 11) is 0. The topological polar surface area (TPSA) is 38.3 Å². The van der Waals surface area contributed by atoms with E-state index in [1.807, 2.05) is 18.4 Å². The molecule has 0 aliphatic rings. The Morgan fingerprint density at radius 2 is 2.00 bits per heavy atom. The second-order valence-electron chi connectivity index (χ2n) is 5.27. The number of benzene rings is 1. The zero-order valence-corrected chi connectivity index (χ0v) is 13.6. The van der Waals surface area contributed by atoms with Crippen molar-refractivity contribution in [2.45, 2.75) is 38.8 Å². The van der Waals surface area contributed by atoms with Gasteiger partial charge in [-0.3, -0.25) is 4.79 Å². The summed E-state index contributed by atoms with van der Waals surface area (Å²) in [6.45, 7) is -0.842. The third-order valence-corrected chi connectivity index (χ3v) is 4.18.